The second-order valence-electron chi connectivity index (χ2n) is 7.86. The summed E-state index contributed by atoms with van der Waals surface area (Å²) < 4.78 is 6.94. The number of benzene rings is 2. The number of aromatic nitrogens is 1. The van der Waals surface area contributed by atoms with E-state index in [0.29, 0.717) is 21.3 Å². The van der Waals surface area contributed by atoms with Gasteiger partial charge in [-0.05, 0) is 86.1 Å². The Morgan fingerprint density at radius 1 is 1.06 bits per heavy atom. The molecule has 1 aliphatic rings. The van der Waals surface area contributed by atoms with Gasteiger partial charge in [-0.1, -0.05) is 18.2 Å². The first kappa shape index (κ1) is 22.6. The molecule has 0 radical (unpaired) electrons. The highest BCUT2D eigenvalue weighted by Crippen LogP contribution is 2.34. The number of amidine groups is 1. The van der Waals surface area contributed by atoms with E-state index in [-0.39, 0.29) is 5.91 Å². The number of aliphatic imine (C=N–C) groups is 1. The number of hydrogen-bond acceptors (Lipinski definition) is 5. The van der Waals surface area contributed by atoms with E-state index in [0.717, 1.165) is 22.6 Å². The molecule has 2 aromatic carbocycles. The van der Waals surface area contributed by atoms with Gasteiger partial charge in [0.2, 0.25) is 0 Å². The third kappa shape index (κ3) is 4.36. The molecule has 1 aromatic heterocycles. The van der Waals surface area contributed by atoms with E-state index in [9.17, 15) is 9.59 Å². The van der Waals surface area contributed by atoms with Gasteiger partial charge in [0.1, 0.15) is 0 Å². The van der Waals surface area contributed by atoms with Crippen molar-refractivity contribution in [2.75, 3.05) is 14.2 Å². The molecular weight excluding hydrogens is 434 g/mol. The summed E-state index contributed by atoms with van der Waals surface area (Å²) in [6.45, 7) is 6.23. The van der Waals surface area contributed by atoms with Crippen molar-refractivity contribution in [1.82, 2.24) is 9.47 Å². The number of nitrogens with zero attached hydrogens (tertiary/aromatic N) is 3. The second kappa shape index (κ2) is 9.11. The second-order valence-corrected chi connectivity index (χ2v) is 8.87. The molecule has 3 aromatic rings. The quantitative estimate of drug-likeness (QED) is 0.386. The Bertz CT molecular complexity index is 1300. The highest BCUT2D eigenvalue weighted by Gasteiger charge is 2.30. The molecule has 0 spiro atoms. The Morgan fingerprint density at radius 2 is 1.76 bits per heavy atom. The van der Waals surface area contributed by atoms with Gasteiger partial charge in [0.25, 0.3) is 5.91 Å². The number of thioether (sulfide) groups is 1. The fraction of sp³-hybridized carbons (Fsp3) is 0.192. The molecule has 0 saturated carbocycles. The lowest BCUT2D eigenvalue weighted by Gasteiger charge is -2.12. The lowest BCUT2D eigenvalue weighted by Crippen LogP contribution is -2.23. The number of para-hydroxylation sites is 1. The minimum Gasteiger partial charge on any atom is -0.465 e. The van der Waals surface area contributed by atoms with Crippen molar-refractivity contribution >= 4 is 40.6 Å². The maximum Gasteiger partial charge on any atom is 0.337 e. The summed E-state index contributed by atoms with van der Waals surface area (Å²) in [5, 5.41) is 0.588. The Balaban J connectivity index is 1.64. The van der Waals surface area contributed by atoms with Gasteiger partial charge in [0.05, 0.1) is 23.3 Å². The fourth-order valence-electron chi connectivity index (χ4n) is 3.81. The molecule has 0 atom stereocenters. The van der Waals surface area contributed by atoms with Crippen molar-refractivity contribution in [2.24, 2.45) is 4.99 Å². The van der Waals surface area contributed by atoms with Crippen molar-refractivity contribution in [3.05, 3.63) is 87.6 Å². The van der Waals surface area contributed by atoms with Gasteiger partial charge in [-0.2, -0.15) is 0 Å². The molecule has 4 rings (SSSR count). The number of rotatable bonds is 4. The lowest BCUT2D eigenvalue weighted by atomic mass is 10.2. The zero-order valence-electron chi connectivity index (χ0n) is 19.2. The van der Waals surface area contributed by atoms with Gasteiger partial charge >= 0.3 is 5.97 Å². The van der Waals surface area contributed by atoms with E-state index in [1.807, 2.05) is 18.2 Å². The maximum absolute atomic E-state index is 12.9. The number of carbonyl (C=O) groups is 2. The third-order valence-corrected chi connectivity index (χ3v) is 6.69. The molecule has 0 unspecified atom stereocenters. The van der Waals surface area contributed by atoms with Crippen LogP contribution in [0.25, 0.3) is 11.8 Å². The number of ether oxygens (including phenoxy) is 1. The number of likely N-dealkylation sites (N-methyl/N-ethyl adjacent to an activating group) is 1. The molecule has 1 aliphatic heterocycles. The van der Waals surface area contributed by atoms with Crippen LogP contribution < -0.4 is 0 Å². The fourth-order valence-corrected chi connectivity index (χ4v) is 4.79. The molecule has 0 aliphatic carbocycles. The van der Waals surface area contributed by atoms with Crippen LogP contribution in [0.5, 0.6) is 0 Å². The first-order valence-electron chi connectivity index (χ1n) is 10.5. The topological polar surface area (TPSA) is 63.9 Å². The summed E-state index contributed by atoms with van der Waals surface area (Å²) >= 11 is 1.34. The van der Waals surface area contributed by atoms with Gasteiger partial charge in [0.15, 0.2) is 5.17 Å². The number of methoxy groups -OCH3 is 1. The SMILES string of the molecule is COC(=O)c1ccc(N=C2S/C(=C/c3cc(C)n(-c4ccccc4C)c3C)C(=O)N2C)cc1. The van der Waals surface area contributed by atoms with E-state index < -0.39 is 5.97 Å². The van der Waals surface area contributed by atoms with Crippen LogP contribution in [0.4, 0.5) is 5.69 Å². The van der Waals surface area contributed by atoms with Crippen LogP contribution >= 0.6 is 11.8 Å². The zero-order chi connectivity index (χ0) is 23.7. The first-order valence-corrected chi connectivity index (χ1v) is 11.3. The number of amides is 1. The number of carbonyl (C=O) groups excluding carboxylic acids is 2. The van der Waals surface area contributed by atoms with Gasteiger partial charge in [-0.3, -0.25) is 9.69 Å². The average molecular weight is 460 g/mol. The summed E-state index contributed by atoms with van der Waals surface area (Å²) in [6.07, 6.45) is 1.93. The van der Waals surface area contributed by atoms with Gasteiger partial charge in [-0.25, -0.2) is 9.79 Å². The molecule has 168 valence electrons. The standard InChI is InChI=1S/C26H25N3O3S/c1-16-8-6-7-9-22(16)29-17(2)14-20(18(29)3)15-23-24(30)28(4)26(33-23)27-21-12-10-19(11-13-21)25(31)32-5/h6-15H,1-5H3/b23-15+,27-26?. The van der Waals surface area contributed by atoms with Crippen LogP contribution in [0, 0.1) is 20.8 Å². The number of esters is 1. The maximum atomic E-state index is 12.9. The minimum atomic E-state index is -0.398. The van der Waals surface area contributed by atoms with Gasteiger partial charge < -0.3 is 9.30 Å². The summed E-state index contributed by atoms with van der Waals surface area (Å²) in [5.74, 6) is -0.490. The van der Waals surface area contributed by atoms with E-state index in [1.54, 1.807) is 36.2 Å². The smallest absolute Gasteiger partial charge is 0.337 e. The van der Waals surface area contributed by atoms with Gasteiger partial charge in [-0.15, -0.1) is 0 Å². The summed E-state index contributed by atoms with van der Waals surface area (Å²) in [6, 6.07) is 17.1. The Labute approximate surface area is 197 Å². The summed E-state index contributed by atoms with van der Waals surface area (Å²) in [7, 11) is 3.06. The largest absolute Gasteiger partial charge is 0.465 e. The first-order chi connectivity index (χ1) is 15.8. The highest BCUT2D eigenvalue weighted by molar-refractivity contribution is 8.18. The van der Waals surface area contributed by atoms with Crippen LogP contribution in [0.2, 0.25) is 0 Å². The predicted octanol–water partition coefficient (Wildman–Crippen LogP) is 5.42. The third-order valence-electron chi connectivity index (χ3n) is 5.63. The minimum absolute atomic E-state index is 0.0920. The van der Waals surface area contributed by atoms with E-state index in [1.165, 1.54) is 24.4 Å². The normalized spacial score (nSPS) is 16.2. The number of aryl methyl sites for hydroxylation is 2. The Kier molecular flexibility index (Phi) is 6.24. The molecule has 1 amide bonds. The van der Waals surface area contributed by atoms with E-state index >= 15 is 0 Å². The summed E-state index contributed by atoms with van der Waals surface area (Å²) in [4.78, 5) is 31.3. The zero-order valence-corrected chi connectivity index (χ0v) is 20.1. The predicted molar refractivity (Wildman–Crippen MR) is 133 cm³/mol. The van der Waals surface area contributed by atoms with Crippen LogP contribution in [0.1, 0.15) is 32.9 Å². The Morgan fingerprint density at radius 3 is 2.42 bits per heavy atom. The van der Waals surface area contributed by atoms with E-state index in [2.05, 4.69) is 48.5 Å². The highest BCUT2D eigenvalue weighted by atomic mass is 32.2. The molecule has 2 heterocycles. The molecule has 6 nitrogen and oxygen atoms in total. The van der Waals surface area contributed by atoms with Crippen molar-refractivity contribution < 1.29 is 14.3 Å². The van der Waals surface area contributed by atoms with Crippen molar-refractivity contribution in [3.8, 4) is 5.69 Å². The van der Waals surface area contributed by atoms with E-state index in [4.69, 9.17) is 4.74 Å². The lowest BCUT2D eigenvalue weighted by molar-refractivity contribution is -0.121. The van der Waals surface area contributed by atoms with Crippen LogP contribution in [0.15, 0.2) is 64.5 Å². The molecule has 1 saturated heterocycles. The molecule has 7 heteroatoms. The molecule has 0 bridgehead atoms. The molecule has 0 N–H and O–H groups in total. The van der Waals surface area contributed by atoms with Crippen molar-refractivity contribution in [1.29, 1.82) is 0 Å². The van der Waals surface area contributed by atoms with Crippen LogP contribution in [-0.4, -0.2) is 40.7 Å². The average Bonchev–Trinajstić information content (AvgIpc) is 3.23. The van der Waals surface area contributed by atoms with Crippen LogP contribution in [0.3, 0.4) is 0 Å². The molecular formula is C26H25N3O3S. The van der Waals surface area contributed by atoms with Crippen molar-refractivity contribution in [2.45, 2.75) is 20.8 Å². The number of hydrogen-bond donors (Lipinski definition) is 0. The molecule has 33 heavy (non-hydrogen) atoms. The summed E-state index contributed by atoms with van der Waals surface area (Å²) in [5.41, 5.74) is 6.63. The van der Waals surface area contributed by atoms with Gasteiger partial charge in [0, 0.05) is 24.1 Å². The molecule has 1 fully saturated rings. The van der Waals surface area contributed by atoms with Crippen LogP contribution in [-0.2, 0) is 9.53 Å². The monoisotopic (exact) mass is 459 g/mol. The Hall–Kier alpha value is -3.58. The van der Waals surface area contributed by atoms with Crippen molar-refractivity contribution in [3.63, 3.8) is 0 Å².